The quantitative estimate of drug-likeness (QED) is 0.765. The number of hydrogen-bond acceptors (Lipinski definition) is 5. The van der Waals surface area contributed by atoms with Crippen LogP contribution in [0, 0.1) is 0 Å². The molecular weight excluding hydrogens is 330 g/mol. The van der Waals surface area contributed by atoms with Crippen LogP contribution in [-0.2, 0) is 6.54 Å². The fraction of sp³-hybridized carbons (Fsp3) is 0.278. The number of pyridine rings is 1. The molecule has 1 saturated carbocycles. The molecule has 8 heteroatoms. The van der Waals surface area contributed by atoms with Crippen molar-refractivity contribution in [2.45, 2.75) is 25.3 Å². The molecule has 0 aliphatic heterocycles. The van der Waals surface area contributed by atoms with Crippen molar-refractivity contribution in [1.82, 2.24) is 25.2 Å². The third-order valence-electron chi connectivity index (χ3n) is 4.40. The highest BCUT2D eigenvalue weighted by Gasteiger charge is 2.23. The third kappa shape index (κ3) is 3.69. The lowest BCUT2D eigenvalue weighted by Gasteiger charge is -2.18. The molecule has 1 aromatic carbocycles. The van der Waals surface area contributed by atoms with Gasteiger partial charge in [-0.2, -0.15) is 0 Å². The van der Waals surface area contributed by atoms with Gasteiger partial charge in [-0.3, -0.25) is 4.90 Å². The number of hydrogen-bond donors (Lipinski definition) is 1. The minimum absolute atomic E-state index is 0.240. The monoisotopic (exact) mass is 349 g/mol. The van der Waals surface area contributed by atoms with Crippen molar-refractivity contribution in [2.75, 3.05) is 17.3 Å². The van der Waals surface area contributed by atoms with Crippen LogP contribution in [0.15, 0.2) is 48.9 Å². The summed E-state index contributed by atoms with van der Waals surface area (Å²) in [5.41, 5.74) is 3.07. The Morgan fingerprint density at radius 2 is 2.08 bits per heavy atom. The molecule has 0 radical (unpaired) electrons. The minimum atomic E-state index is -0.240. The maximum absolute atomic E-state index is 12.5. The summed E-state index contributed by atoms with van der Waals surface area (Å²) in [4.78, 5) is 18.3. The molecule has 1 aliphatic carbocycles. The summed E-state index contributed by atoms with van der Waals surface area (Å²) in [5, 5.41) is 14.0. The standard InChI is InChI=1S/C18H19N7O/c1-24(17-10-13(8-9-19-17)11-25-12-20-22-23-25)18(26)21-16-6-4-15(5-7-16)14-2-3-14/h4-10,12,14H,2-3,11H2,1H3,(H,21,26). The van der Waals surface area contributed by atoms with E-state index in [9.17, 15) is 4.79 Å². The molecular formula is C18H19N7O. The summed E-state index contributed by atoms with van der Waals surface area (Å²) in [6, 6.07) is 11.5. The number of urea groups is 1. The van der Waals surface area contributed by atoms with E-state index in [1.807, 2.05) is 24.3 Å². The van der Waals surface area contributed by atoms with Gasteiger partial charge in [-0.05, 0) is 64.6 Å². The first-order valence-corrected chi connectivity index (χ1v) is 8.49. The molecule has 26 heavy (non-hydrogen) atoms. The number of aromatic nitrogens is 5. The van der Waals surface area contributed by atoms with E-state index < -0.39 is 0 Å². The highest BCUT2D eigenvalue weighted by molar-refractivity contribution is 6.00. The molecule has 3 aromatic rings. The fourth-order valence-corrected chi connectivity index (χ4v) is 2.75. The smallest absolute Gasteiger partial charge is 0.308 e. The minimum Gasteiger partial charge on any atom is -0.308 e. The lowest BCUT2D eigenvalue weighted by Crippen LogP contribution is -2.31. The van der Waals surface area contributed by atoms with Crippen molar-refractivity contribution in [1.29, 1.82) is 0 Å². The van der Waals surface area contributed by atoms with Crippen LogP contribution in [0.5, 0.6) is 0 Å². The highest BCUT2D eigenvalue weighted by Crippen LogP contribution is 2.40. The molecule has 0 unspecified atom stereocenters. The average Bonchev–Trinajstić information content (AvgIpc) is 3.39. The molecule has 1 N–H and O–H groups in total. The Balaban J connectivity index is 1.42. The van der Waals surface area contributed by atoms with Crippen molar-refractivity contribution in [2.24, 2.45) is 0 Å². The van der Waals surface area contributed by atoms with E-state index in [0.29, 0.717) is 18.3 Å². The van der Waals surface area contributed by atoms with Gasteiger partial charge in [0.05, 0.1) is 6.54 Å². The van der Waals surface area contributed by atoms with E-state index in [-0.39, 0.29) is 6.03 Å². The Labute approximate surface area is 150 Å². The molecule has 1 aliphatic rings. The molecule has 0 atom stereocenters. The molecule has 0 spiro atoms. The number of nitrogens with one attached hydrogen (secondary N) is 1. The van der Waals surface area contributed by atoms with Crippen LogP contribution in [-0.4, -0.2) is 38.3 Å². The van der Waals surface area contributed by atoms with Gasteiger partial charge in [0.15, 0.2) is 0 Å². The highest BCUT2D eigenvalue weighted by atomic mass is 16.2. The van der Waals surface area contributed by atoms with Crippen LogP contribution < -0.4 is 10.2 Å². The second kappa shape index (κ2) is 6.91. The molecule has 4 rings (SSSR count). The number of benzene rings is 1. The van der Waals surface area contributed by atoms with E-state index in [1.54, 1.807) is 24.3 Å². The Morgan fingerprint density at radius 3 is 2.77 bits per heavy atom. The molecule has 2 heterocycles. The van der Waals surface area contributed by atoms with Crippen molar-refractivity contribution in [3.05, 3.63) is 60.0 Å². The van der Waals surface area contributed by atoms with Gasteiger partial charge in [-0.1, -0.05) is 12.1 Å². The van der Waals surface area contributed by atoms with Crippen LogP contribution in [0.4, 0.5) is 16.3 Å². The molecule has 8 nitrogen and oxygen atoms in total. The Morgan fingerprint density at radius 1 is 1.27 bits per heavy atom. The molecule has 0 bridgehead atoms. The second-order valence-corrected chi connectivity index (χ2v) is 6.42. The van der Waals surface area contributed by atoms with Gasteiger partial charge in [0.25, 0.3) is 0 Å². The number of nitrogens with zero attached hydrogens (tertiary/aromatic N) is 6. The Kier molecular flexibility index (Phi) is 4.30. The average molecular weight is 349 g/mol. The van der Waals surface area contributed by atoms with Gasteiger partial charge in [-0.15, -0.1) is 5.10 Å². The van der Waals surface area contributed by atoms with Crippen molar-refractivity contribution in [3.8, 4) is 0 Å². The zero-order chi connectivity index (χ0) is 17.9. The Hall–Kier alpha value is -3.29. The summed E-state index contributed by atoms with van der Waals surface area (Å²) in [7, 11) is 1.69. The van der Waals surface area contributed by atoms with E-state index in [4.69, 9.17) is 0 Å². The molecule has 2 amide bonds. The maximum atomic E-state index is 12.5. The molecule has 132 valence electrons. The zero-order valence-corrected chi connectivity index (χ0v) is 14.4. The lowest BCUT2D eigenvalue weighted by atomic mass is 10.1. The molecule has 1 fully saturated rings. The number of tetrazole rings is 1. The van der Waals surface area contributed by atoms with Crippen molar-refractivity contribution >= 4 is 17.5 Å². The number of anilines is 2. The predicted octanol–water partition coefficient (Wildman–Crippen LogP) is 2.66. The van der Waals surface area contributed by atoms with Gasteiger partial charge < -0.3 is 5.32 Å². The zero-order valence-electron chi connectivity index (χ0n) is 14.4. The fourth-order valence-electron chi connectivity index (χ4n) is 2.75. The van der Waals surface area contributed by atoms with Crippen LogP contribution in [0.2, 0.25) is 0 Å². The number of amides is 2. The summed E-state index contributed by atoms with van der Waals surface area (Å²) in [6.45, 7) is 0.514. The SMILES string of the molecule is CN(C(=O)Nc1ccc(C2CC2)cc1)c1cc(Cn2cnnn2)ccn1. The van der Waals surface area contributed by atoms with Gasteiger partial charge in [-0.25, -0.2) is 14.5 Å². The Bertz CT molecular complexity index is 888. The van der Waals surface area contributed by atoms with Crippen molar-refractivity contribution < 1.29 is 4.79 Å². The molecule has 2 aromatic heterocycles. The number of rotatable bonds is 5. The van der Waals surface area contributed by atoms with Crippen LogP contribution >= 0.6 is 0 Å². The van der Waals surface area contributed by atoms with Gasteiger partial charge in [0, 0.05) is 18.9 Å². The first-order chi connectivity index (χ1) is 12.7. The summed E-state index contributed by atoms with van der Waals surface area (Å²) in [6.07, 6.45) is 5.74. The lowest BCUT2D eigenvalue weighted by molar-refractivity contribution is 0.258. The third-order valence-corrected chi connectivity index (χ3v) is 4.40. The van der Waals surface area contributed by atoms with Gasteiger partial charge in [0.2, 0.25) is 0 Å². The van der Waals surface area contributed by atoms with Gasteiger partial charge in [0.1, 0.15) is 12.1 Å². The second-order valence-electron chi connectivity index (χ2n) is 6.42. The van der Waals surface area contributed by atoms with Crippen LogP contribution in [0.1, 0.15) is 29.9 Å². The summed E-state index contributed by atoms with van der Waals surface area (Å²) < 4.78 is 1.61. The van der Waals surface area contributed by atoms with E-state index >= 15 is 0 Å². The normalized spacial score (nSPS) is 13.4. The summed E-state index contributed by atoms with van der Waals surface area (Å²) >= 11 is 0. The van der Waals surface area contributed by atoms with Gasteiger partial charge >= 0.3 is 6.03 Å². The van der Waals surface area contributed by atoms with E-state index in [1.165, 1.54) is 23.3 Å². The number of carbonyl (C=O) groups excluding carboxylic acids is 1. The predicted molar refractivity (Wildman–Crippen MR) is 97.0 cm³/mol. The maximum Gasteiger partial charge on any atom is 0.327 e. The van der Waals surface area contributed by atoms with Crippen molar-refractivity contribution in [3.63, 3.8) is 0 Å². The number of carbonyl (C=O) groups is 1. The molecule has 0 saturated heterocycles. The first-order valence-electron chi connectivity index (χ1n) is 8.49. The van der Waals surface area contributed by atoms with Crippen LogP contribution in [0.25, 0.3) is 0 Å². The van der Waals surface area contributed by atoms with Crippen LogP contribution in [0.3, 0.4) is 0 Å². The first kappa shape index (κ1) is 16.2. The van der Waals surface area contributed by atoms with E-state index in [0.717, 1.165) is 11.3 Å². The van der Waals surface area contributed by atoms with E-state index in [2.05, 4.69) is 38.0 Å². The largest absolute Gasteiger partial charge is 0.327 e. The summed E-state index contributed by atoms with van der Waals surface area (Å²) in [5.74, 6) is 1.26. The topological polar surface area (TPSA) is 88.8 Å².